The SMILES string of the molecule is COc1cc(C)ccc1OCCSc1nnc(-c2ccc(C)cc2)o1. The summed E-state index contributed by atoms with van der Waals surface area (Å²) in [4.78, 5) is 0. The molecular weight excluding hydrogens is 336 g/mol. The molecule has 0 fully saturated rings. The molecule has 0 bridgehead atoms. The van der Waals surface area contributed by atoms with Gasteiger partial charge in [-0.2, -0.15) is 0 Å². The molecule has 0 aliphatic heterocycles. The molecule has 0 aliphatic carbocycles. The number of methoxy groups -OCH3 is 1. The summed E-state index contributed by atoms with van der Waals surface area (Å²) in [5.41, 5.74) is 3.25. The van der Waals surface area contributed by atoms with E-state index in [1.807, 2.05) is 56.3 Å². The number of ether oxygens (including phenoxy) is 2. The summed E-state index contributed by atoms with van der Waals surface area (Å²) in [6.07, 6.45) is 0. The fourth-order valence-electron chi connectivity index (χ4n) is 2.26. The molecule has 0 spiro atoms. The Kier molecular flexibility index (Phi) is 5.60. The lowest BCUT2D eigenvalue weighted by atomic mass is 10.1. The fourth-order valence-corrected chi connectivity index (χ4v) is 2.83. The molecule has 0 amide bonds. The van der Waals surface area contributed by atoms with Crippen molar-refractivity contribution in [3.8, 4) is 23.0 Å². The second-order valence-corrected chi connectivity index (χ2v) is 6.64. The highest BCUT2D eigenvalue weighted by molar-refractivity contribution is 7.99. The van der Waals surface area contributed by atoms with E-state index in [0.717, 1.165) is 22.6 Å². The maximum Gasteiger partial charge on any atom is 0.276 e. The van der Waals surface area contributed by atoms with E-state index in [1.54, 1.807) is 7.11 Å². The summed E-state index contributed by atoms with van der Waals surface area (Å²) in [5, 5.41) is 8.70. The average Bonchev–Trinajstić information content (AvgIpc) is 3.09. The van der Waals surface area contributed by atoms with Crippen molar-refractivity contribution in [3.05, 3.63) is 53.6 Å². The lowest BCUT2D eigenvalue weighted by Crippen LogP contribution is -2.01. The smallest absolute Gasteiger partial charge is 0.276 e. The maximum atomic E-state index is 5.77. The van der Waals surface area contributed by atoms with Crippen LogP contribution in [0.1, 0.15) is 11.1 Å². The summed E-state index contributed by atoms with van der Waals surface area (Å²) in [6, 6.07) is 13.9. The minimum Gasteiger partial charge on any atom is -0.493 e. The lowest BCUT2D eigenvalue weighted by Gasteiger charge is -2.10. The predicted molar refractivity (Wildman–Crippen MR) is 98.4 cm³/mol. The van der Waals surface area contributed by atoms with E-state index < -0.39 is 0 Å². The zero-order valence-corrected chi connectivity index (χ0v) is 15.3. The largest absolute Gasteiger partial charge is 0.493 e. The quantitative estimate of drug-likeness (QED) is 0.458. The highest BCUT2D eigenvalue weighted by Crippen LogP contribution is 2.28. The van der Waals surface area contributed by atoms with E-state index in [0.29, 0.717) is 23.5 Å². The number of rotatable bonds is 7. The molecule has 0 radical (unpaired) electrons. The van der Waals surface area contributed by atoms with Gasteiger partial charge in [0.25, 0.3) is 5.22 Å². The normalized spacial score (nSPS) is 10.7. The lowest BCUT2D eigenvalue weighted by molar-refractivity contribution is 0.313. The van der Waals surface area contributed by atoms with Crippen molar-refractivity contribution in [3.63, 3.8) is 0 Å². The van der Waals surface area contributed by atoms with Crippen LogP contribution in [0.15, 0.2) is 52.1 Å². The molecule has 130 valence electrons. The van der Waals surface area contributed by atoms with E-state index >= 15 is 0 Å². The van der Waals surface area contributed by atoms with Gasteiger partial charge in [0.1, 0.15) is 0 Å². The zero-order chi connectivity index (χ0) is 17.6. The molecule has 0 saturated heterocycles. The Morgan fingerprint density at radius 2 is 1.72 bits per heavy atom. The minimum atomic E-state index is 0.520. The molecule has 0 unspecified atom stereocenters. The Morgan fingerprint density at radius 1 is 0.960 bits per heavy atom. The summed E-state index contributed by atoms with van der Waals surface area (Å²) >= 11 is 1.47. The van der Waals surface area contributed by atoms with Gasteiger partial charge in [-0.05, 0) is 43.7 Å². The van der Waals surface area contributed by atoms with Crippen molar-refractivity contribution in [1.82, 2.24) is 10.2 Å². The molecular formula is C19H20N2O3S. The monoisotopic (exact) mass is 356 g/mol. The van der Waals surface area contributed by atoms with E-state index in [2.05, 4.69) is 10.2 Å². The zero-order valence-electron chi connectivity index (χ0n) is 14.5. The van der Waals surface area contributed by atoms with Crippen LogP contribution in [-0.4, -0.2) is 29.7 Å². The van der Waals surface area contributed by atoms with Crippen molar-refractivity contribution < 1.29 is 13.9 Å². The molecule has 2 aromatic carbocycles. The van der Waals surface area contributed by atoms with Crippen LogP contribution in [0.5, 0.6) is 11.5 Å². The second-order valence-electron chi connectivity index (χ2n) is 5.59. The number of aromatic nitrogens is 2. The van der Waals surface area contributed by atoms with Gasteiger partial charge in [0, 0.05) is 11.3 Å². The molecule has 1 aromatic heterocycles. The third-order valence-corrected chi connectivity index (χ3v) is 4.37. The van der Waals surface area contributed by atoms with Gasteiger partial charge in [-0.1, -0.05) is 35.5 Å². The molecule has 0 saturated carbocycles. The molecule has 0 atom stereocenters. The fraction of sp³-hybridized carbons (Fsp3) is 0.263. The third-order valence-electron chi connectivity index (χ3n) is 3.59. The maximum absolute atomic E-state index is 5.77. The second kappa shape index (κ2) is 8.07. The van der Waals surface area contributed by atoms with Crippen molar-refractivity contribution in [2.45, 2.75) is 19.1 Å². The van der Waals surface area contributed by atoms with E-state index in [1.165, 1.54) is 17.3 Å². The van der Waals surface area contributed by atoms with Crippen LogP contribution in [0.2, 0.25) is 0 Å². The van der Waals surface area contributed by atoms with Crippen molar-refractivity contribution in [2.75, 3.05) is 19.5 Å². The van der Waals surface area contributed by atoms with Crippen LogP contribution in [-0.2, 0) is 0 Å². The van der Waals surface area contributed by atoms with Crippen LogP contribution < -0.4 is 9.47 Å². The van der Waals surface area contributed by atoms with Crippen molar-refractivity contribution in [1.29, 1.82) is 0 Å². The first-order chi connectivity index (χ1) is 12.2. The van der Waals surface area contributed by atoms with Crippen molar-refractivity contribution >= 4 is 11.8 Å². The van der Waals surface area contributed by atoms with Crippen LogP contribution in [0, 0.1) is 13.8 Å². The molecule has 1 heterocycles. The molecule has 5 nitrogen and oxygen atoms in total. The highest BCUT2D eigenvalue weighted by atomic mass is 32.2. The Morgan fingerprint density at radius 3 is 2.48 bits per heavy atom. The van der Waals surface area contributed by atoms with E-state index in [-0.39, 0.29) is 0 Å². The summed E-state index contributed by atoms with van der Waals surface area (Å²) in [5.74, 6) is 2.71. The summed E-state index contributed by atoms with van der Waals surface area (Å²) < 4.78 is 16.8. The number of hydrogen-bond donors (Lipinski definition) is 0. The van der Waals surface area contributed by atoms with Gasteiger partial charge in [0.15, 0.2) is 11.5 Å². The number of nitrogens with zero attached hydrogens (tertiary/aromatic N) is 2. The van der Waals surface area contributed by atoms with Gasteiger partial charge < -0.3 is 13.9 Å². The standard InChI is InChI=1S/C19H20N2O3S/c1-13-4-7-15(8-5-13)18-20-21-19(24-18)25-11-10-23-16-9-6-14(2)12-17(16)22-3/h4-9,12H,10-11H2,1-3H3. The number of thioether (sulfide) groups is 1. The van der Waals surface area contributed by atoms with E-state index in [4.69, 9.17) is 13.9 Å². The molecule has 3 rings (SSSR count). The Bertz CT molecular complexity index is 831. The van der Waals surface area contributed by atoms with Gasteiger partial charge in [-0.25, -0.2) is 0 Å². The molecule has 25 heavy (non-hydrogen) atoms. The van der Waals surface area contributed by atoms with Crippen LogP contribution in [0.3, 0.4) is 0 Å². The van der Waals surface area contributed by atoms with Crippen LogP contribution in [0.25, 0.3) is 11.5 Å². The van der Waals surface area contributed by atoms with Gasteiger partial charge in [-0.15, -0.1) is 10.2 Å². The minimum absolute atomic E-state index is 0.520. The Labute approximate surface area is 151 Å². The number of benzene rings is 2. The molecule has 0 aliphatic rings. The average molecular weight is 356 g/mol. The summed E-state index contributed by atoms with van der Waals surface area (Å²) in [7, 11) is 1.64. The Hall–Kier alpha value is -2.47. The highest BCUT2D eigenvalue weighted by Gasteiger charge is 2.09. The van der Waals surface area contributed by atoms with E-state index in [9.17, 15) is 0 Å². The van der Waals surface area contributed by atoms with Gasteiger partial charge in [0.2, 0.25) is 5.89 Å². The number of aryl methyl sites for hydroxylation is 2. The van der Waals surface area contributed by atoms with Gasteiger partial charge in [0.05, 0.1) is 13.7 Å². The first-order valence-corrected chi connectivity index (χ1v) is 8.95. The first-order valence-electron chi connectivity index (χ1n) is 7.96. The van der Waals surface area contributed by atoms with Crippen molar-refractivity contribution in [2.24, 2.45) is 0 Å². The van der Waals surface area contributed by atoms with Gasteiger partial charge >= 0.3 is 0 Å². The Balaban J connectivity index is 1.52. The summed E-state index contributed by atoms with van der Waals surface area (Å²) in [6.45, 7) is 4.58. The van der Waals surface area contributed by atoms with Crippen LogP contribution >= 0.6 is 11.8 Å². The predicted octanol–water partition coefficient (Wildman–Crippen LogP) is 4.53. The molecule has 0 N–H and O–H groups in total. The van der Waals surface area contributed by atoms with Crippen LogP contribution in [0.4, 0.5) is 0 Å². The first kappa shape index (κ1) is 17.4. The molecule has 6 heteroatoms. The number of hydrogen-bond acceptors (Lipinski definition) is 6. The topological polar surface area (TPSA) is 57.4 Å². The molecule has 3 aromatic rings. The van der Waals surface area contributed by atoms with Gasteiger partial charge in [-0.3, -0.25) is 0 Å². The third kappa shape index (κ3) is 4.54.